The van der Waals surface area contributed by atoms with Gasteiger partial charge in [0.15, 0.2) is 0 Å². The molecule has 0 fully saturated rings. The van der Waals surface area contributed by atoms with E-state index in [1.165, 1.54) is 11.1 Å². The maximum Gasteiger partial charge on any atom is 0.148 e. The highest BCUT2D eigenvalue weighted by molar-refractivity contribution is 9.11. The first-order valence-corrected chi connectivity index (χ1v) is 8.46. The quantitative estimate of drug-likeness (QED) is 0.750. The van der Waals surface area contributed by atoms with Gasteiger partial charge >= 0.3 is 0 Å². The number of rotatable bonds is 5. The molecule has 2 aromatic carbocycles. The van der Waals surface area contributed by atoms with Crippen molar-refractivity contribution in [2.75, 3.05) is 0 Å². The minimum absolute atomic E-state index is 0.142. The summed E-state index contributed by atoms with van der Waals surface area (Å²) in [4.78, 5) is 0. The highest BCUT2D eigenvalue weighted by Gasteiger charge is 2.10. The summed E-state index contributed by atoms with van der Waals surface area (Å²) >= 11 is 7.16. The molecule has 112 valence electrons. The Kier molecular flexibility index (Phi) is 5.85. The first kappa shape index (κ1) is 16.5. The monoisotopic (exact) mass is 411 g/mol. The largest absolute Gasteiger partial charge is 0.487 e. The van der Waals surface area contributed by atoms with Gasteiger partial charge in [0.05, 0.1) is 8.95 Å². The van der Waals surface area contributed by atoms with Gasteiger partial charge in [0.1, 0.15) is 12.4 Å². The molecule has 2 aromatic rings. The summed E-state index contributed by atoms with van der Waals surface area (Å²) in [6.07, 6.45) is 0.843. The number of hydrogen-bond acceptors (Lipinski definition) is 2. The molecule has 4 heteroatoms. The maximum atomic E-state index is 5.94. The molecule has 1 unspecified atom stereocenters. The van der Waals surface area contributed by atoms with E-state index in [2.05, 4.69) is 69.1 Å². The lowest BCUT2D eigenvalue weighted by atomic mass is 10.1. The van der Waals surface area contributed by atoms with Crippen molar-refractivity contribution in [3.05, 3.63) is 62.0 Å². The molecular formula is C17H19Br2NO. The van der Waals surface area contributed by atoms with Gasteiger partial charge in [-0.3, -0.25) is 0 Å². The molecule has 0 amide bonds. The second kappa shape index (κ2) is 7.43. The lowest BCUT2D eigenvalue weighted by molar-refractivity contribution is 0.302. The van der Waals surface area contributed by atoms with Crippen LogP contribution in [0.5, 0.6) is 5.75 Å². The van der Waals surface area contributed by atoms with Crippen LogP contribution in [0, 0.1) is 6.92 Å². The van der Waals surface area contributed by atoms with Crippen LogP contribution in [-0.4, -0.2) is 6.04 Å². The third-order valence-electron chi connectivity index (χ3n) is 3.08. The zero-order valence-corrected chi connectivity index (χ0v) is 15.4. The van der Waals surface area contributed by atoms with Crippen LogP contribution < -0.4 is 10.5 Å². The third kappa shape index (κ3) is 4.83. The first-order valence-electron chi connectivity index (χ1n) is 6.87. The van der Waals surface area contributed by atoms with Gasteiger partial charge in [-0.25, -0.2) is 0 Å². The van der Waals surface area contributed by atoms with Crippen LogP contribution in [0.4, 0.5) is 0 Å². The molecule has 1 atom stereocenters. The highest BCUT2D eigenvalue weighted by Crippen LogP contribution is 2.35. The molecule has 0 heterocycles. The Labute approximate surface area is 143 Å². The van der Waals surface area contributed by atoms with E-state index in [1.54, 1.807) is 0 Å². The predicted molar refractivity (Wildman–Crippen MR) is 94.7 cm³/mol. The molecule has 0 aliphatic heterocycles. The van der Waals surface area contributed by atoms with Crippen molar-refractivity contribution < 1.29 is 4.74 Å². The fourth-order valence-corrected chi connectivity index (χ4v) is 3.71. The molecule has 0 saturated carbocycles. The lowest BCUT2D eigenvalue weighted by Gasteiger charge is -2.13. The Morgan fingerprint density at radius 3 is 2.33 bits per heavy atom. The SMILES string of the molecule is Cc1cccc(COc2c(Br)cc(CC(C)N)cc2Br)c1. The summed E-state index contributed by atoms with van der Waals surface area (Å²) in [5.41, 5.74) is 9.43. The van der Waals surface area contributed by atoms with E-state index in [0.29, 0.717) is 6.61 Å². The molecule has 2 rings (SSSR count). The summed E-state index contributed by atoms with van der Waals surface area (Å²) in [6, 6.07) is 12.6. The van der Waals surface area contributed by atoms with Gasteiger partial charge in [0, 0.05) is 6.04 Å². The van der Waals surface area contributed by atoms with Crippen LogP contribution in [0.3, 0.4) is 0 Å². The van der Waals surface area contributed by atoms with E-state index >= 15 is 0 Å². The molecule has 0 spiro atoms. The second-order valence-electron chi connectivity index (χ2n) is 5.35. The van der Waals surface area contributed by atoms with Crippen LogP contribution in [0.15, 0.2) is 45.3 Å². The molecule has 0 aliphatic carbocycles. The Morgan fingerprint density at radius 1 is 1.10 bits per heavy atom. The van der Waals surface area contributed by atoms with E-state index in [-0.39, 0.29) is 6.04 Å². The summed E-state index contributed by atoms with van der Waals surface area (Å²) < 4.78 is 7.83. The van der Waals surface area contributed by atoms with Crippen LogP contribution in [0.2, 0.25) is 0 Å². The Morgan fingerprint density at radius 2 is 1.76 bits per heavy atom. The van der Waals surface area contributed by atoms with Crippen molar-refractivity contribution in [1.82, 2.24) is 0 Å². The summed E-state index contributed by atoms with van der Waals surface area (Å²) in [7, 11) is 0. The summed E-state index contributed by atoms with van der Waals surface area (Å²) in [5.74, 6) is 0.824. The van der Waals surface area contributed by atoms with Gasteiger partial charge in [-0.1, -0.05) is 29.8 Å². The van der Waals surface area contributed by atoms with Crippen LogP contribution in [0.1, 0.15) is 23.6 Å². The van der Waals surface area contributed by atoms with Gasteiger partial charge in [-0.2, -0.15) is 0 Å². The topological polar surface area (TPSA) is 35.2 Å². The van der Waals surface area contributed by atoms with Crippen LogP contribution in [0.25, 0.3) is 0 Å². The first-order chi connectivity index (χ1) is 9.95. The Balaban J connectivity index is 2.13. The number of ether oxygens (including phenoxy) is 1. The molecule has 21 heavy (non-hydrogen) atoms. The van der Waals surface area contributed by atoms with Gasteiger partial charge < -0.3 is 10.5 Å². The van der Waals surface area contributed by atoms with Crippen molar-refractivity contribution in [2.45, 2.75) is 32.9 Å². The van der Waals surface area contributed by atoms with Crippen molar-refractivity contribution in [3.63, 3.8) is 0 Å². The van der Waals surface area contributed by atoms with E-state index < -0.39 is 0 Å². The minimum Gasteiger partial charge on any atom is -0.487 e. The standard InChI is InChI=1S/C17H19Br2NO/c1-11-4-3-5-13(6-11)10-21-17-15(18)8-14(7-12(2)20)9-16(17)19/h3-6,8-9,12H,7,10,20H2,1-2H3. The average molecular weight is 413 g/mol. The molecule has 0 bridgehead atoms. The number of halogens is 2. The van der Waals surface area contributed by atoms with Crippen molar-refractivity contribution in [1.29, 1.82) is 0 Å². The molecule has 0 radical (unpaired) electrons. The molecule has 0 aromatic heterocycles. The van der Waals surface area contributed by atoms with E-state index in [4.69, 9.17) is 10.5 Å². The van der Waals surface area contributed by atoms with Crippen LogP contribution in [-0.2, 0) is 13.0 Å². The van der Waals surface area contributed by atoms with E-state index in [0.717, 1.165) is 26.7 Å². The zero-order chi connectivity index (χ0) is 15.4. The number of benzene rings is 2. The molecule has 2 N–H and O–H groups in total. The molecular weight excluding hydrogens is 394 g/mol. The average Bonchev–Trinajstić information content (AvgIpc) is 2.37. The lowest BCUT2D eigenvalue weighted by Crippen LogP contribution is -2.17. The predicted octanol–water partition coefficient (Wildman–Crippen LogP) is 4.99. The molecule has 0 aliphatic rings. The smallest absolute Gasteiger partial charge is 0.148 e. The third-order valence-corrected chi connectivity index (χ3v) is 4.26. The summed E-state index contributed by atoms with van der Waals surface area (Å²) in [5, 5.41) is 0. The minimum atomic E-state index is 0.142. The Bertz CT molecular complexity index is 603. The normalized spacial score (nSPS) is 12.2. The molecule has 2 nitrogen and oxygen atoms in total. The van der Waals surface area contributed by atoms with Crippen molar-refractivity contribution in [3.8, 4) is 5.75 Å². The van der Waals surface area contributed by atoms with Gasteiger partial charge in [-0.15, -0.1) is 0 Å². The van der Waals surface area contributed by atoms with E-state index in [9.17, 15) is 0 Å². The number of nitrogens with two attached hydrogens (primary N) is 1. The van der Waals surface area contributed by atoms with Crippen molar-refractivity contribution in [2.24, 2.45) is 5.73 Å². The van der Waals surface area contributed by atoms with Crippen LogP contribution >= 0.6 is 31.9 Å². The highest BCUT2D eigenvalue weighted by atomic mass is 79.9. The van der Waals surface area contributed by atoms with Gasteiger partial charge in [0.2, 0.25) is 0 Å². The maximum absolute atomic E-state index is 5.94. The Hall–Kier alpha value is -0.840. The van der Waals surface area contributed by atoms with Gasteiger partial charge in [0.25, 0.3) is 0 Å². The van der Waals surface area contributed by atoms with E-state index in [1.807, 2.05) is 13.0 Å². The van der Waals surface area contributed by atoms with Gasteiger partial charge in [-0.05, 0) is 75.4 Å². The summed E-state index contributed by atoms with van der Waals surface area (Å²) in [6.45, 7) is 4.63. The van der Waals surface area contributed by atoms with Crippen molar-refractivity contribution >= 4 is 31.9 Å². The number of hydrogen-bond donors (Lipinski definition) is 1. The fraction of sp³-hybridized carbons (Fsp3) is 0.294. The molecule has 0 saturated heterocycles. The fourth-order valence-electron chi connectivity index (χ4n) is 2.20. The zero-order valence-electron chi connectivity index (χ0n) is 12.2. The second-order valence-corrected chi connectivity index (χ2v) is 7.06. The number of aryl methyl sites for hydroxylation is 1.